The van der Waals surface area contributed by atoms with Crippen molar-refractivity contribution in [2.24, 2.45) is 7.05 Å². The molecular weight excluding hydrogens is 306 g/mol. The molecule has 1 unspecified atom stereocenters. The molecule has 1 aromatic heterocycles. The third-order valence-electron chi connectivity index (χ3n) is 4.34. The van der Waals surface area contributed by atoms with Gasteiger partial charge in [0.2, 0.25) is 18.2 Å². The highest BCUT2D eigenvalue weighted by Gasteiger charge is 2.30. The number of methoxy groups -OCH3 is 1. The minimum atomic E-state index is -0.783. The van der Waals surface area contributed by atoms with Gasteiger partial charge in [-0.1, -0.05) is 30.3 Å². The van der Waals surface area contributed by atoms with E-state index in [1.807, 2.05) is 60.3 Å². The molecule has 0 saturated carbocycles. The summed E-state index contributed by atoms with van der Waals surface area (Å²) in [5.74, 6) is 1.83. The molecule has 0 aliphatic carbocycles. The number of ether oxygens (including phenoxy) is 3. The molecule has 24 heavy (non-hydrogen) atoms. The van der Waals surface area contributed by atoms with Crippen LogP contribution in [0.15, 0.2) is 48.7 Å². The summed E-state index contributed by atoms with van der Waals surface area (Å²) in [6.45, 7) is 0.171. The average molecular weight is 324 g/mol. The van der Waals surface area contributed by atoms with Crippen molar-refractivity contribution in [3.8, 4) is 17.2 Å². The first-order valence-electron chi connectivity index (χ1n) is 7.72. The molecule has 3 aromatic rings. The van der Waals surface area contributed by atoms with E-state index in [9.17, 15) is 5.11 Å². The fourth-order valence-electron chi connectivity index (χ4n) is 3.19. The van der Waals surface area contributed by atoms with Crippen molar-refractivity contribution in [2.45, 2.75) is 6.10 Å². The van der Waals surface area contributed by atoms with Gasteiger partial charge >= 0.3 is 0 Å². The van der Waals surface area contributed by atoms with Gasteiger partial charge in [-0.15, -0.1) is 0 Å². The minimum Gasteiger partial charge on any atom is -0.492 e. The maximum atomic E-state index is 11.0. The van der Waals surface area contributed by atoms with Gasteiger partial charge in [-0.05, 0) is 11.6 Å². The monoisotopic (exact) mass is 324 g/mol. The maximum absolute atomic E-state index is 11.0. The van der Waals surface area contributed by atoms with Gasteiger partial charge in [0.15, 0.2) is 23.8 Å². The summed E-state index contributed by atoms with van der Waals surface area (Å²) < 4.78 is 18.6. The number of aliphatic hydroxyl groups is 1. The number of fused-ring (bicyclic) bond motifs is 2. The number of pyridine rings is 1. The van der Waals surface area contributed by atoms with Crippen LogP contribution in [0.3, 0.4) is 0 Å². The van der Waals surface area contributed by atoms with Crippen LogP contribution in [0.5, 0.6) is 17.2 Å². The zero-order valence-electron chi connectivity index (χ0n) is 13.5. The largest absolute Gasteiger partial charge is 0.492 e. The number of benzene rings is 2. The molecule has 0 spiro atoms. The number of rotatable bonds is 3. The first kappa shape index (κ1) is 14.8. The van der Waals surface area contributed by atoms with E-state index >= 15 is 0 Å². The van der Waals surface area contributed by atoms with Crippen LogP contribution in [0.2, 0.25) is 0 Å². The fraction of sp³-hybridized carbons (Fsp3) is 0.211. The molecule has 0 amide bonds. The van der Waals surface area contributed by atoms with Crippen LogP contribution in [0, 0.1) is 0 Å². The van der Waals surface area contributed by atoms with Crippen molar-refractivity contribution < 1.29 is 23.9 Å². The van der Waals surface area contributed by atoms with E-state index in [1.165, 1.54) is 0 Å². The Hall–Kier alpha value is -2.79. The second-order valence-corrected chi connectivity index (χ2v) is 5.73. The SMILES string of the molecule is COc1c2c(cc3cc[n+](C)c(C(O)c4ccccc4)c13)OCO2. The average Bonchev–Trinajstić information content (AvgIpc) is 3.08. The van der Waals surface area contributed by atoms with Crippen LogP contribution in [0.4, 0.5) is 0 Å². The van der Waals surface area contributed by atoms with Gasteiger partial charge in [0.1, 0.15) is 7.05 Å². The van der Waals surface area contributed by atoms with Gasteiger partial charge in [0.05, 0.1) is 12.5 Å². The number of aryl methyl sites for hydroxylation is 1. The third-order valence-corrected chi connectivity index (χ3v) is 4.34. The van der Waals surface area contributed by atoms with E-state index in [0.717, 1.165) is 22.0 Å². The number of nitrogens with zero attached hydrogens (tertiary/aromatic N) is 1. The lowest BCUT2D eigenvalue weighted by Gasteiger charge is -2.15. The van der Waals surface area contributed by atoms with Crippen LogP contribution in [-0.4, -0.2) is 19.0 Å². The molecule has 5 nitrogen and oxygen atoms in total. The fourth-order valence-corrected chi connectivity index (χ4v) is 3.19. The van der Waals surface area contributed by atoms with Gasteiger partial charge in [0, 0.05) is 11.5 Å². The predicted octanol–water partition coefficient (Wildman–Crippen LogP) is 2.48. The highest BCUT2D eigenvalue weighted by Crippen LogP contribution is 2.47. The number of hydrogen-bond donors (Lipinski definition) is 1. The molecule has 0 radical (unpaired) electrons. The molecule has 122 valence electrons. The lowest BCUT2D eigenvalue weighted by Crippen LogP contribution is -2.35. The van der Waals surface area contributed by atoms with Crippen molar-refractivity contribution >= 4 is 10.8 Å². The van der Waals surface area contributed by atoms with E-state index in [2.05, 4.69) is 0 Å². The van der Waals surface area contributed by atoms with Crippen LogP contribution >= 0.6 is 0 Å². The first-order chi connectivity index (χ1) is 11.7. The van der Waals surface area contributed by atoms with Crippen LogP contribution < -0.4 is 18.8 Å². The summed E-state index contributed by atoms with van der Waals surface area (Å²) in [6, 6.07) is 13.5. The molecule has 1 aliphatic heterocycles. The smallest absolute Gasteiger partial charge is 0.231 e. The second kappa shape index (κ2) is 5.69. The summed E-state index contributed by atoms with van der Waals surface area (Å²) in [4.78, 5) is 0. The Morgan fingerprint density at radius 3 is 2.71 bits per heavy atom. The van der Waals surface area contributed by atoms with Crippen LogP contribution in [-0.2, 0) is 7.05 Å². The van der Waals surface area contributed by atoms with Crippen molar-refractivity contribution in [3.05, 3.63) is 59.9 Å². The van der Waals surface area contributed by atoms with Crippen LogP contribution in [0.1, 0.15) is 17.4 Å². The number of aliphatic hydroxyl groups excluding tert-OH is 1. The highest BCUT2D eigenvalue weighted by atomic mass is 16.7. The van der Waals surface area contributed by atoms with E-state index in [0.29, 0.717) is 17.2 Å². The first-order valence-corrected chi connectivity index (χ1v) is 7.72. The molecule has 2 aromatic carbocycles. The van der Waals surface area contributed by atoms with Crippen molar-refractivity contribution in [1.29, 1.82) is 0 Å². The number of aromatic nitrogens is 1. The minimum absolute atomic E-state index is 0.171. The Morgan fingerprint density at radius 2 is 1.96 bits per heavy atom. The van der Waals surface area contributed by atoms with E-state index in [1.54, 1.807) is 7.11 Å². The van der Waals surface area contributed by atoms with Crippen LogP contribution in [0.25, 0.3) is 10.8 Å². The molecule has 1 atom stereocenters. The lowest BCUT2D eigenvalue weighted by molar-refractivity contribution is -0.680. The molecule has 0 bridgehead atoms. The number of hydrogen-bond acceptors (Lipinski definition) is 4. The molecule has 1 aliphatic rings. The van der Waals surface area contributed by atoms with E-state index in [-0.39, 0.29) is 6.79 Å². The Morgan fingerprint density at radius 1 is 1.17 bits per heavy atom. The summed E-state index contributed by atoms with van der Waals surface area (Å²) in [5.41, 5.74) is 1.56. The Kier molecular flexibility index (Phi) is 3.50. The normalized spacial score (nSPS) is 14.0. The molecule has 0 saturated heterocycles. The topological polar surface area (TPSA) is 51.8 Å². The van der Waals surface area contributed by atoms with E-state index in [4.69, 9.17) is 14.2 Å². The van der Waals surface area contributed by atoms with Gasteiger partial charge < -0.3 is 19.3 Å². The molecule has 2 heterocycles. The Labute approximate surface area is 139 Å². The predicted molar refractivity (Wildman–Crippen MR) is 88.3 cm³/mol. The lowest BCUT2D eigenvalue weighted by atomic mass is 9.99. The molecular formula is C19H18NO4+. The molecule has 1 N–H and O–H groups in total. The third kappa shape index (κ3) is 2.17. The van der Waals surface area contributed by atoms with Gasteiger partial charge in [-0.25, -0.2) is 4.57 Å². The zero-order chi connectivity index (χ0) is 16.7. The Balaban J connectivity index is 2.03. The van der Waals surface area contributed by atoms with Crippen molar-refractivity contribution in [2.75, 3.05) is 13.9 Å². The summed E-state index contributed by atoms with van der Waals surface area (Å²) in [5, 5.41) is 12.7. The summed E-state index contributed by atoms with van der Waals surface area (Å²) in [7, 11) is 3.51. The molecule has 4 rings (SSSR count). The summed E-state index contributed by atoms with van der Waals surface area (Å²) >= 11 is 0. The zero-order valence-corrected chi connectivity index (χ0v) is 13.5. The van der Waals surface area contributed by atoms with E-state index < -0.39 is 6.10 Å². The Bertz CT molecular complexity index is 908. The second-order valence-electron chi connectivity index (χ2n) is 5.73. The molecule has 5 heteroatoms. The van der Waals surface area contributed by atoms with Crippen molar-refractivity contribution in [1.82, 2.24) is 0 Å². The molecule has 0 fully saturated rings. The highest BCUT2D eigenvalue weighted by molar-refractivity contribution is 5.94. The quantitative estimate of drug-likeness (QED) is 0.752. The van der Waals surface area contributed by atoms with Gasteiger partial charge in [-0.3, -0.25) is 0 Å². The van der Waals surface area contributed by atoms with Gasteiger partial charge in [-0.2, -0.15) is 0 Å². The van der Waals surface area contributed by atoms with Crippen molar-refractivity contribution in [3.63, 3.8) is 0 Å². The summed E-state index contributed by atoms with van der Waals surface area (Å²) in [6.07, 6.45) is 1.14. The maximum Gasteiger partial charge on any atom is 0.231 e. The van der Waals surface area contributed by atoms with Gasteiger partial charge in [0.25, 0.3) is 0 Å². The standard InChI is InChI=1S/C19H18NO4/c1-20-9-8-13-10-14-18(24-11-23-14)19(22-2)15(13)16(20)17(21)12-6-4-3-5-7-12/h3-10,17,21H,11H2,1-2H3/q+1.